The molecule has 0 aliphatic carbocycles. The number of hydrogen-bond donors (Lipinski definition) is 0. The minimum absolute atomic E-state index is 0.0311. The van der Waals surface area contributed by atoms with Crippen molar-refractivity contribution < 1.29 is 13.3 Å². The van der Waals surface area contributed by atoms with E-state index in [2.05, 4.69) is 0 Å². The maximum absolute atomic E-state index is 11.5. The van der Waals surface area contributed by atoms with Gasteiger partial charge in [-0.3, -0.25) is 10.1 Å². The number of nitrogens with zero attached hydrogens (tertiary/aromatic N) is 2. The summed E-state index contributed by atoms with van der Waals surface area (Å²) in [5.41, 5.74) is 0.869. The van der Waals surface area contributed by atoms with Gasteiger partial charge in [0.15, 0.2) is 9.84 Å². The van der Waals surface area contributed by atoms with E-state index in [-0.39, 0.29) is 23.2 Å². The summed E-state index contributed by atoms with van der Waals surface area (Å²) in [6, 6.07) is 6.21. The van der Waals surface area contributed by atoms with Crippen molar-refractivity contribution in [3.8, 4) is 0 Å². The Kier molecular flexibility index (Phi) is 3.75. The molecule has 2 rings (SSSR count). The van der Waals surface area contributed by atoms with Crippen LogP contribution < -0.4 is 4.90 Å². The molecule has 0 aromatic heterocycles. The van der Waals surface area contributed by atoms with E-state index in [4.69, 9.17) is 0 Å². The minimum atomic E-state index is -2.93. The molecule has 104 valence electrons. The van der Waals surface area contributed by atoms with E-state index < -0.39 is 14.8 Å². The van der Waals surface area contributed by atoms with Crippen LogP contribution in [0.25, 0.3) is 0 Å². The smallest absolute Gasteiger partial charge is 0.269 e. The number of non-ortho nitro benzene ring substituents is 1. The highest BCUT2D eigenvalue weighted by Crippen LogP contribution is 2.25. The van der Waals surface area contributed by atoms with Gasteiger partial charge in [0.2, 0.25) is 0 Å². The molecule has 0 unspecified atom stereocenters. The largest absolute Gasteiger partial charge is 0.368 e. The fraction of sp³-hybridized carbons (Fsp3) is 0.500. The van der Waals surface area contributed by atoms with Gasteiger partial charge in [-0.2, -0.15) is 0 Å². The normalized spacial score (nSPS) is 21.2. The number of rotatable bonds is 4. The van der Waals surface area contributed by atoms with E-state index in [1.54, 1.807) is 12.1 Å². The molecular formula is C12H16N2O4S. The first-order chi connectivity index (χ1) is 8.93. The Morgan fingerprint density at radius 3 is 2.42 bits per heavy atom. The molecule has 0 radical (unpaired) electrons. The van der Waals surface area contributed by atoms with Crippen molar-refractivity contribution in [2.24, 2.45) is 0 Å². The third-order valence-corrected chi connectivity index (χ3v) is 5.13. The molecule has 1 fully saturated rings. The van der Waals surface area contributed by atoms with Gasteiger partial charge in [0.25, 0.3) is 5.69 Å². The van der Waals surface area contributed by atoms with Gasteiger partial charge in [-0.1, -0.05) is 0 Å². The molecule has 1 aliphatic rings. The minimum Gasteiger partial charge on any atom is -0.368 e. The molecule has 1 aromatic carbocycles. The van der Waals surface area contributed by atoms with Crippen LogP contribution in [0.15, 0.2) is 24.3 Å². The van der Waals surface area contributed by atoms with Crippen LogP contribution in [0.2, 0.25) is 0 Å². The highest BCUT2D eigenvalue weighted by molar-refractivity contribution is 7.91. The van der Waals surface area contributed by atoms with E-state index >= 15 is 0 Å². The second-order valence-electron chi connectivity index (χ2n) is 4.62. The fourth-order valence-electron chi connectivity index (χ4n) is 2.44. The molecule has 1 aliphatic heterocycles. The van der Waals surface area contributed by atoms with Crippen LogP contribution in [0.1, 0.15) is 13.3 Å². The quantitative estimate of drug-likeness (QED) is 0.620. The van der Waals surface area contributed by atoms with E-state index in [1.165, 1.54) is 12.1 Å². The highest BCUT2D eigenvalue weighted by atomic mass is 32.2. The second-order valence-corrected chi connectivity index (χ2v) is 6.85. The van der Waals surface area contributed by atoms with Crippen LogP contribution in [0.4, 0.5) is 11.4 Å². The van der Waals surface area contributed by atoms with Gasteiger partial charge < -0.3 is 4.90 Å². The number of hydrogen-bond acceptors (Lipinski definition) is 5. The molecule has 1 saturated heterocycles. The standard InChI is InChI=1S/C12H16N2O4S/c1-2-13(12-7-8-19(17,18)9-12)10-3-5-11(6-4-10)14(15)16/h3-6,12H,2,7-9H2,1H3/t12-/m0/s1. The zero-order valence-electron chi connectivity index (χ0n) is 10.7. The Bertz CT molecular complexity index is 568. The molecule has 0 N–H and O–H groups in total. The summed E-state index contributed by atoms with van der Waals surface area (Å²) in [4.78, 5) is 12.2. The van der Waals surface area contributed by atoms with Crippen LogP contribution >= 0.6 is 0 Å². The highest BCUT2D eigenvalue weighted by Gasteiger charge is 2.31. The van der Waals surface area contributed by atoms with Gasteiger partial charge in [0.1, 0.15) is 0 Å². The summed E-state index contributed by atoms with van der Waals surface area (Å²) < 4.78 is 23.0. The van der Waals surface area contributed by atoms with Gasteiger partial charge >= 0.3 is 0 Å². The Morgan fingerprint density at radius 2 is 2.00 bits per heavy atom. The summed E-state index contributed by atoms with van der Waals surface area (Å²) in [6.07, 6.45) is 0.618. The predicted octanol–water partition coefficient (Wildman–Crippen LogP) is 1.61. The number of nitro groups is 1. The van der Waals surface area contributed by atoms with Crippen molar-refractivity contribution in [2.45, 2.75) is 19.4 Å². The molecule has 0 spiro atoms. The van der Waals surface area contributed by atoms with Gasteiger partial charge in [-0.25, -0.2) is 8.42 Å². The van der Waals surface area contributed by atoms with Gasteiger partial charge in [0.05, 0.1) is 16.4 Å². The van der Waals surface area contributed by atoms with E-state index in [9.17, 15) is 18.5 Å². The molecule has 6 nitrogen and oxygen atoms in total. The fourth-order valence-corrected chi connectivity index (χ4v) is 4.17. The monoisotopic (exact) mass is 284 g/mol. The van der Waals surface area contributed by atoms with E-state index in [0.29, 0.717) is 13.0 Å². The molecule has 7 heteroatoms. The summed E-state index contributed by atoms with van der Waals surface area (Å²) in [6.45, 7) is 2.63. The van der Waals surface area contributed by atoms with E-state index in [0.717, 1.165) is 5.69 Å². The molecule has 1 atom stereocenters. The van der Waals surface area contributed by atoms with Gasteiger partial charge in [0, 0.05) is 30.4 Å². The topological polar surface area (TPSA) is 80.5 Å². The number of sulfone groups is 1. The molecule has 0 bridgehead atoms. The number of anilines is 1. The molecular weight excluding hydrogens is 268 g/mol. The summed E-state index contributed by atoms with van der Waals surface area (Å²) in [5, 5.41) is 10.6. The zero-order valence-corrected chi connectivity index (χ0v) is 11.5. The molecule has 1 heterocycles. The Morgan fingerprint density at radius 1 is 1.37 bits per heavy atom. The first-order valence-corrected chi connectivity index (χ1v) is 7.96. The molecule has 0 amide bonds. The van der Waals surface area contributed by atoms with Crippen LogP contribution in [-0.4, -0.2) is 37.4 Å². The van der Waals surface area contributed by atoms with Gasteiger partial charge in [-0.05, 0) is 25.5 Å². The van der Waals surface area contributed by atoms with Crippen LogP contribution in [0.5, 0.6) is 0 Å². The maximum Gasteiger partial charge on any atom is 0.269 e. The molecule has 1 aromatic rings. The van der Waals surface area contributed by atoms with Crippen molar-refractivity contribution in [2.75, 3.05) is 23.0 Å². The summed E-state index contributed by atoms with van der Waals surface area (Å²) >= 11 is 0. The van der Waals surface area contributed by atoms with Crippen LogP contribution in [-0.2, 0) is 9.84 Å². The lowest BCUT2D eigenvalue weighted by molar-refractivity contribution is -0.384. The van der Waals surface area contributed by atoms with Crippen LogP contribution in [0.3, 0.4) is 0 Å². The second kappa shape index (κ2) is 5.16. The number of nitro benzene ring substituents is 1. The SMILES string of the molecule is CCN(c1ccc([N+](=O)[O-])cc1)[C@H]1CCS(=O)(=O)C1. The van der Waals surface area contributed by atoms with Crippen molar-refractivity contribution in [3.63, 3.8) is 0 Å². The summed E-state index contributed by atoms with van der Waals surface area (Å²) in [5.74, 6) is 0.388. The van der Waals surface area contributed by atoms with Crippen molar-refractivity contribution >= 4 is 21.2 Å². The average molecular weight is 284 g/mol. The Balaban J connectivity index is 2.20. The van der Waals surface area contributed by atoms with Gasteiger partial charge in [-0.15, -0.1) is 0 Å². The lowest BCUT2D eigenvalue weighted by Crippen LogP contribution is -2.36. The maximum atomic E-state index is 11.5. The molecule has 19 heavy (non-hydrogen) atoms. The first-order valence-electron chi connectivity index (χ1n) is 6.14. The number of benzene rings is 1. The average Bonchev–Trinajstić information content (AvgIpc) is 2.71. The lowest BCUT2D eigenvalue weighted by atomic mass is 10.2. The Labute approximate surface area is 112 Å². The third-order valence-electron chi connectivity index (χ3n) is 3.38. The zero-order chi connectivity index (χ0) is 14.0. The third kappa shape index (κ3) is 3.04. The predicted molar refractivity (Wildman–Crippen MR) is 73.2 cm³/mol. The van der Waals surface area contributed by atoms with Crippen molar-refractivity contribution in [3.05, 3.63) is 34.4 Å². The van der Waals surface area contributed by atoms with Crippen molar-refractivity contribution in [1.29, 1.82) is 0 Å². The lowest BCUT2D eigenvalue weighted by Gasteiger charge is -2.29. The first kappa shape index (κ1) is 13.8. The summed E-state index contributed by atoms with van der Waals surface area (Å²) in [7, 11) is -2.93. The van der Waals surface area contributed by atoms with Crippen molar-refractivity contribution in [1.82, 2.24) is 0 Å². The van der Waals surface area contributed by atoms with E-state index in [1.807, 2.05) is 11.8 Å². The Hall–Kier alpha value is -1.63. The van der Waals surface area contributed by atoms with Crippen LogP contribution in [0, 0.1) is 10.1 Å². The molecule has 0 saturated carbocycles.